The fourth-order valence-electron chi connectivity index (χ4n) is 1.47. The second kappa shape index (κ2) is 5.18. The maximum Gasteiger partial charge on any atom is 0.251 e. The van der Waals surface area contributed by atoms with Crippen molar-refractivity contribution in [2.24, 2.45) is 7.05 Å². The summed E-state index contributed by atoms with van der Waals surface area (Å²) in [6.45, 7) is 0.284. The highest BCUT2D eigenvalue weighted by atomic mass is 79.9. The molecule has 7 heteroatoms. The van der Waals surface area contributed by atoms with Gasteiger partial charge in [0.1, 0.15) is 6.33 Å². The van der Waals surface area contributed by atoms with Crippen LogP contribution in [-0.2, 0) is 13.6 Å². The lowest BCUT2D eigenvalue weighted by atomic mass is 10.2. The van der Waals surface area contributed by atoms with Crippen LogP contribution in [0.15, 0.2) is 29.0 Å². The summed E-state index contributed by atoms with van der Waals surface area (Å²) in [5.41, 5.74) is 6.70. The summed E-state index contributed by atoms with van der Waals surface area (Å²) in [6.07, 6.45) is 1.58. The van der Waals surface area contributed by atoms with Crippen LogP contribution in [0.25, 0.3) is 0 Å². The molecule has 0 spiro atoms. The molecule has 0 aliphatic rings. The third kappa shape index (κ3) is 3.07. The first-order valence-electron chi connectivity index (χ1n) is 5.23. The number of carbonyl (C=O) groups is 1. The fraction of sp³-hybridized carbons (Fsp3) is 0.182. The van der Waals surface area contributed by atoms with Gasteiger partial charge in [-0.2, -0.15) is 5.10 Å². The van der Waals surface area contributed by atoms with E-state index in [-0.39, 0.29) is 12.5 Å². The molecule has 2 aromatic rings. The van der Waals surface area contributed by atoms with Crippen molar-refractivity contribution in [3.05, 3.63) is 40.4 Å². The number of hydrogen-bond acceptors (Lipinski definition) is 4. The number of halogens is 1. The number of nitrogen functional groups attached to an aromatic ring is 1. The third-order valence-corrected chi connectivity index (χ3v) is 2.69. The Morgan fingerprint density at radius 2 is 2.28 bits per heavy atom. The van der Waals surface area contributed by atoms with Crippen molar-refractivity contribution in [3.63, 3.8) is 0 Å². The fourth-order valence-corrected chi connectivity index (χ4v) is 1.98. The van der Waals surface area contributed by atoms with Crippen LogP contribution < -0.4 is 11.1 Å². The largest absolute Gasteiger partial charge is 0.399 e. The molecule has 94 valence electrons. The van der Waals surface area contributed by atoms with Crippen molar-refractivity contribution in [2.45, 2.75) is 6.54 Å². The number of hydrogen-bond donors (Lipinski definition) is 2. The molecule has 0 atom stereocenters. The first-order valence-corrected chi connectivity index (χ1v) is 6.02. The predicted octanol–water partition coefficient (Wildman–Crippen LogP) is 1.09. The van der Waals surface area contributed by atoms with Crippen molar-refractivity contribution in [2.75, 3.05) is 5.73 Å². The predicted molar refractivity (Wildman–Crippen MR) is 70.7 cm³/mol. The van der Waals surface area contributed by atoms with E-state index in [4.69, 9.17) is 5.73 Å². The zero-order valence-corrected chi connectivity index (χ0v) is 11.3. The van der Waals surface area contributed by atoms with Crippen molar-refractivity contribution < 1.29 is 4.79 Å². The highest BCUT2D eigenvalue weighted by molar-refractivity contribution is 9.10. The summed E-state index contributed by atoms with van der Waals surface area (Å²) >= 11 is 3.29. The van der Waals surface area contributed by atoms with Crippen LogP contribution in [0, 0.1) is 0 Å². The molecule has 0 aliphatic carbocycles. The molecule has 2 rings (SSSR count). The standard InChI is InChI=1S/C11H12BrN5O/c1-17-6-15-10(16-17)5-14-11(18)7-2-8(12)4-9(13)3-7/h2-4,6H,5,13H2,1H3,(H,14,18). The summed E-state index contributed by atoms with van der Waals surface area (Å²) < 4.78 is 2.35. The average molecular weight is 310 g/mol. The Morgan fingerprint density at radius 3 is 2.89 bits per heavy atom. The summed E-state index contributed by atoms with van der Waals surface area (Å²) in [7, 11) is 1.77. The molecule has 0 aliphatic heterocycles. The number of rotatable bonds is 3. The van der Waals surface area contributed by atoms with E-state index in [0.29, 0.717) is 17.1 Å². The van der Waals surface area contributed by atoms with Gasteiger partial charge in [0.05, 0.1) is 6.54 Å². The van der Waals surface area contributed by atoms with E-state index in [1.165, 1.54) is 0 Å². The maximum atomic E-state index is 11.9. The van der Waals surface area contributed by atoms with Gasteiger partial charge in [0.25, 0.3) is 5.91 Å². The van der Waals surface area contributed by atoms with Crippen LogP contribution in [-0.4, -0.2) is 20.7 Å². The Kier molecular flexibility index (Phi) is 3.61. The van der Waals surface area contributed by atoms with Crippen molar-refractivity contribution in [1.29, 1.82) is 0 Å². The third-order valence-electron chi connectivity index (χ3n) is 2.24. The van der Waals surface area contributed by atoms with Gasteiger partial charge in [-0.25, -0.2) is 4.98 Å². The quantitative estimate of drug-likeness (QED) is 0.831. The number of aryl methyl sites for hydroxylation is 1. The van der Waals surface area contributed by atoms with Crippen LogP contribution in [0.2, 0.25) is 0 Å². The highest BCUT2D eigenvalue weighted by Gasteiger charge is 2.08. The van der Waals surface area contributed by atoms with E-state index in [2.05, 4.69) is 31.3 Å². The van der Waals surface area contributed by atoms with Gasteiger partial charge < -0.3 is 11.1 Å². The second-order valence-electron chi connectivity index (χ2n) is 3.79. The Morgan fingerprint density at radius 1 is 1.50 bits per heavy atom. The van der Waals surface area contributed by atoms with Crippen LogP contribution in [0.4, 0.5) is 5.69 Å². The van der Waals surface area contributed by atoms with Gasteiger partial charge in [0.2, 0.25) is 0 Å². The van der Waals surface area contributed by atoms with E-state index < -0.39 is 0 Å². The number of amides is 1. The first kappa shape index (κ1) is 12.6. The van der Waals surface area contributed by atoms with Crippen LogP contribution in [0.5, 0.6) is 0 Å². The molecule has 0 fully saturated rings. The number of aromatic nitrogens is 3. The van der Waals surface area contributed by atoms with E-state index in [9.17, 15) is 4.79 Å². The summed E-state index contributed by atoms with van der Waals surface area (Å²) in [4.78, 5) is 15.9. The zero-order valence-electron chi connectivity index (χ0n) is 9.72. The van der Waals surface area contributed by atoms with Gasteiger partial charge >= 0.3 is 0 Å². The Labute approximate surface area is 112 Å². The molecule has 1 heterocycles. The number of nitrogens with two attached hydrogens (primary N) is 1. The maximum absolute atomic E-state index is 11.9. The number of anilines is 1. The second-order valence-corrected chi connectivity index (χ2v) is 4.71. The van der Waals surface area contributed by atoms with E-state index in [1.807, 2.05) is 0 Å². The monoisotopic (exact) mass is 309 g/mol. The van der Waals surface area contributed by atoms with Crippen molar-refractivity contribution in [3.8, 4) is 0 Å². The Balaban J connectivity index is 2.03. The summed E-state index contributed by atoms with van der Waals surface area (Å²) in [6, 6.07) is 5.06. The average Bonchev–Trinajstić information content (AvgIpc) is 2.70. The molecule has 0 unspecified atom stereocenters. The van der Waals surface area contributed by atoms with Gasteiger partial charge in [-0.3, -0.25) is 9.48 Å². The van der Waals surface area contributed by atoms with Gasteiger partial charge in [-0.1, -0.05) is 15.9 Å². The molecule has 18 heavy (non-hydrogen) atoms. The van der Waals surface area contributed by atoms with E-state index in [0.717, 1.165) is 4.47 Å². The smallest absolute Gasteiger partial charge is 0.251 e. The number of nitrogens with one attached hydrogen (secondary N) is 1. The van der Waals surface area contributed by atoms with Crippen molar-refractivity contribution in [1.82, 2.24) is 20.1 Å². The number of nitrogens with zero attached hydrogens (tertiary/aromatic N) is 3. The molecule has 1 amide bonds. The molecule has 6 nitrogen and oxygen atoms in total. The molecule has 3 N–H and O–H groups in total. The van der Waals surface area contributed by atoms with E-state index in [1.54, 1.807) is 36.3 Å². The Hall–Kier alpha value is -1.89. The van der Waals surface area contributed by atoms with E-state index >= 15 is 0 Å². The van der Waals surface area contributed by atoms with Crippen LogP contribution in [0.3, 0.4) is 0 Å². The summed E-state index contributed by atoms with van der Waals surface area (Å²) in [5.74, 6) is 0.351. The number of benzene rings is 1. The molecular weight excluding hydrogens is 298 g/mol. The normalized spacial score (nSPS) is 10.3. The lowest BCUT2D eigenvalue weighted by molar-refractivity contribution is 0.0950. The lowest BCUT2D eigenvalue weighted by Gasteiger charge is -2.04. The van der Waals surface area contributed by atoms with Crippen molar-refractivity contribution >= 4 is 27.5 Å². The molecule has 1 aromatic heterocycles. The number of carbonyl (C=O) groups excluding carboxylic acids is 1. The summed E-state index contributed by atoms with van der Waals surface area (Å²) in [5, 5.41) is 6.80. The molecule has 0 saturated heterocycles. The minimum atomic E-state index is -0.213. The molecule has 0 bridgehead atoms. The molecule has 0 saturated carbocycles. The van der Waals surface area contributed by atoms with Crippen LogP contribution >= 0.6 is 15.9 Å². The van der Waals surface area contributed by atoms with Gasteiger partial charge in [0.15, 0.2) is 5.82 Å². The zero-order chi connectivity index (χ0) is 13.1. The molecule has 0 radical (unpaired) electrons. The molecule has 1 aromatic carbocycles. The first-order chi connectivity index (χ1) is 8.54. The Bertz CT molecular complexity index is 560. The van der Waals surface area contributed by atoms with Gasteiger partial charge in [-0.15, -0.1) is 0 Å². The SMILES string of the molecule is Cn1cnc(CNC(=O)c2cc(N)cc(Br)c2)n1. The molecular formula is C11H12BrN5O. The minimum absolute atomic E-state index is 0.213. The lowest BCUT2D eigenvalue weighted by Crippen LogP contribution is -2.23. The highest BCUT2D eigenvalue weighted by Crippen LogP contribution is 2.17. The van der Waals surface area contributed by atoms with Gasteiger partial charge in [0, 0.05) is 22.8 Å². The topological polar surface area (TPSA) is 85.8 Å². The minimum Gasteiger partial charge on any atom is -0.399 e. The van der Waals surface area contributed by atoms with Crippen LogP contribution in [0.1, 0.15) is 16.2 Å². The van der Waals surface area contributed by atoms with Gasteiger partial charge in [-0.05, 0) is 18.2 Å².